The van der Waals surface area contributed by atoms with Crippen LogP contribution in [0.3, 0.4) is 0 Å². The van der Waals surface area contributed by atoms with E-state index in [1.807, 2.05) is 0 Å². The zero-order valence-corrected chi connectivity index (χ0v) is 11.0. The summed E-state index contributed by atoms with van der Waals surface area (Å²) in [5.74, 6) is -0.271. The van der Waals surface area contributed by atoms with Crippen LogP contribution in [-0.4, -0.2) is 27.9 Å². The third kappa shape index (κ3) is 2.65. The minimum Gasteiger partial charge on any atom is -0.347 e. The largest absolute Gasteiger partial charge is 0.347 e. The number of halogens is 2. The maximum absolute atomic E-state index is 11.9. The van der Waals surface area contributed by atoms with Gasteiger partial charge in [-0.15, -0.1) is 0 Å². The van der Waals surface area contributed by atoms with E-state index in [4.69, 9.17) is 11.6 Å². The predicted octanol–water partition coefficient (Wildman–Crippen LogP) is 2.20. The molecule has 0 aliphatic carbocycles. The molecule has 0 aliphatic heterocycles. The van der Waals surface area contributed by atoms with Crippen LogP contribution in [0.5, 0.6) is 0 Å². The van der Waals surface area contributed by atoms with Crippen molar-refractivity contribution in [2.45, 2.75) is 0 Å². The fourth-order valence-corrected chi connectivity index (χ4v) is 1.87. The highest BCUT2D eigenvalue weighted by molar-refractivity contribution is 9.10. The topological polar surface area (TPSA) is 70.7 Å². The molecule has 2 rings (SSSR count). The highest BCUT2D eigenvalue weighted by Gasteiger charge is 2.13. The van der Waals surface area contributed by atoms with Crippen molar-refractivity contribution in [3.05, 3.63) is 33.8 Å². The second-order valence-electron chi connectivity index (χ2n) is 3.34. The standard InChI is InChI=1S/C10H8BrClN4O/c1-5(12)4-13-10(17)7-2-6(11)3-8-9(7)15-16-14-8/h2-3H,1,4H2,(H,13,17)(H,14,15,16). The molecule has 2 N–H and O–H groups in total. The lowest BCUT2D eigenvalue weighted by Gasteiger charge is -2.04. The Hall–Kier alpha value is -1.40. The van der Waals surface area contributed by atoms with Crippen LogP contribution < -0.4 is 5.32 Å². The smallest absolute Gasteiger partial charge is 0.253 e. The number of nitrogens with one attached hydrogen (secondary N) is 2. The molecule has 0 spiro atoms. The summed E-state index contributed by atoms with van der Waals surface area (Å²) < 4.78 is 0.758. The van der Waals surface area contributed by atoms with Crippen molar-refractivity contribution < 1.29 is 4.79 Å². The summed E-state index contributed by atoms with van der Waals surface area (Å²) in [6, 6.07) is 3.45. The maximum atomic E-state index is 11.9. The molecule has 7 heteroatoms. The number of benzene rings is 1. The third-order valence-corrected chi connectivity index (χ3v) is 2.66. The van der Waals surface area contributed by atoms with E-state index in [1.165, 1.54) is 0 Å². The molecule has 5 nitrogen and oxygen atoms in total. The molecule has 1 amide bonds. The van der Waals surface area contributed by atoms with Gasteiger partial charge >= 0.3 is 0 Å². The van der Waals surface area contributed by atoms with Crippen molar-refractivity contribution in [2.75, 3.05) is 6.54 Å². The van der Waals surface area contributed by atoms with Crippen molar-refractivity contribution in [1.82, 2.24) is 20.7 Å². The van der Waals surface area contributed by atoms with E-state index in [-0.39, 0.29) is 12.5 Å². The minimum absolute atomic E-state index is 0.215. The summed E-state index contributed by atoms with van der Waals surface area (Å²) in [6.07, 6.45) is 0. The van der Waals surface area contributed by atoms with Crippen molar-refractivity contribution in [2.24, 2.45) is 0 Å². The molecule has 0 aliphatic rings. The predicted molar refractivity (Wildman–Crippen MR) is 68.9 cm³/mol. The molecule has 0 bridgehead atoms. The van der Waals surface area contributed by atoms with Crippen LogP contribution in [0, 0.1) is 0 Å². The Kier molecular flexibility index (Phi) is 3.44. The van der Waals surface area contributed by atoms with Crippen LogP contribution in [0.15, 0.2) is 28.2 Å². The zero-order valence-electron chi connectivity index (χ0n) is 8.63. The number of hydrogen-bond acceptors (Lipinski definition) is 3. The van der Waals surface area contributed by atoms with Crippen molar-refractivity contribution in [3.8, 4) is 0 Å². The molecule has 0 fully saturated rings. The number of carbonyl (C=O) groups is 1. The van der Waals surface area contributed by atoms with E-state index in [2.05, 4.69) is 43.2 Å². The van der Waals surface area contributed by atoms with Gasteiger partial charge in [0.2, 0.25) is 0 Å². The molecular formula is C10H8BrClN4O. The maximum Gasteiger partial charge on any atom is 0.253 e. The van der Waals surface area contributed by atoms with Gasteiger partial charge < -0.3 is 5.32 Å². The van der Waals surface area contributed by atoms with Gasteiger partial charge in [-0.25, -0.2) is 0 Å². The Morgan fingerprint density at radius 3 is 3.00 bits per heavy atom. The number of nitrogens with zero attached hydrogens (tertiary/aromatic N) is 2. The number of fused-ring (bicyclic) bond motifs is 1. The first-order chi connectivity index (χ1) is 8.08. The summed E-state index contributed by atoms with van der Waals surface area (Å²) in [6.45, 7) is 3.71. The molecule has 0 atom stereocenters. The van der Waals surface area contributed by atoms with E-state index >= 15 is 0 Å². The van der Waals surface area contributed by atoms with Gasteiger partial charge in [-0.05, 0) is 12.1 Å². The second-order valence-corrected chi connectivity index (χ2v) is 4.79. The Labute approximate surface area is 110 Å². The van der Waals surface area contributed by atoms with Crippen molar-refractivity contribution >= 4 is 44.5 Å². The van der Waals surface area contributed by atoms with Gasteiger partial charge in [0.05, 0.1) is 12.1 Å². The van der Waals surface area contributed by atoms with Crippen LogP contribution in [0.2, 0.25) is 0 Å². The van der Waals surface area contributed by atoms with E-state index in [9.17, 15) is 4.79 Å². The molecule has 1 aromatic carbocycles. The van der Waals surface area contributed by atoms with E-state index < -0.39 is 0 Å². The van der Waals surface area contributed by atoms with Gasteiger partial charge in [0.1, 0.15) is 11.0 Å². The lowest BCUT2D eigenvalue weighted by molar-refractivity contribution is 0.0959. The molecule has 1 aromatic heterocycles. The van der Waals surface area contributed by atoms with Crippen molar-refractivity contribution in [1.29, 1.82) is 0 Å². The Balaban J connectivity index is 2.36. The Morgan fingerprint density at radius 2 is 2.29 bits per heavy atom. The van der Waals surface area contributed by atoms with Gasteiger partial charge in [-0.1, -0.05) is 34.1 Å². The Bertz CT molecular complexity index is 595. The van der Waals surface area contributed by atoms with Gasteiger partial charge in [0, 0.05) is 9.51 Å². The Morgan fingerprint density at radius 1 is 1.53 bits per heavy atom. The second kappa shape index (κ2) is 4.85. The third-order valence-electron chi connectivity index (χ3n) is 2.07. The number of amides is 1. The molecule has 0 saturated heterocycles. The SMILES string of the molecule is C=C(Cl)CNC(=O)c1cc(Br)cc2n[nH]nc12. The zero-order chi connectivity index (χ0) is 12.4. The first kappa shape index (κ1) is 12.1. The number of carbonyl (C=O) groups excluding carboxylic acids is 1. The van der Waals surface area contributed by atoms with E-state index in [0.29, 0.717) is 21.6 Å². The fourth-order valence-electron chi connectivity index (χ4n) is 1.36. The summed E-state index contributed by atoms with van der Waals surface area (Å²) >= 11 is 8.90. The van der Waals surface area contributed by atoms with Crippen LogP contribution in [-0.2, 0) is 0 Å². The quantitative estimate of drug-likeness (QED) is 0.912. The minimum atomic E-state index is -0.271. The first-order valence-corrected chi connectivity index (χ1v) is 5.86. The first-order valence-electron chi connectivity index (χ1n) is 4.69. The molecule has 0 radical (unpaired) electrons. The average Bonchev–Trinajstić information content (AvgIpc) is 2.72. The van der Waals surface area contributed by atoms with Crippen LogP contribution >= 0.6 is 27.5 Å². The van der Waals surface area contributed by atoms with E-state index in [1.54, 1.807) is 12.1 Å². The molecular weight excluding hydrogens is 307 g/mol. The fraction of sp³-hybridized carbons (Fsp3) is 0.100. The molecule has 0 unspecified atom stereocenters. The number of aromatic nitrogens is 3. The number of hydrogen-bond donors (Lipinski definition) is 2. The molecule has 2 aromatic rings. The normalized spacial score (nSPS) is 10.5. The van der Waals surface area contributed by atoms with Gasteiger partial charge in [0.25, 0.3) is 5.91 Å². The molecule has 17 heavy (non-hydrogen) atoms. The van der Waals surface area contributed by atoms with Crippen LogP contribution in [0.1, 0.15) is 10.4 Å². The van der Waals surface area contributed by atoms with Gasteiger partial charge in [0.15, 0.2) is 0 Å². The lowest BCUT2D eigenvalue weighted by atomic mass is 10.1. The molecule has 88 valence electrons. The summed E-state index contributed by atoms with van der Waals surface area (Å²) in [5, 5.41) is 13.3. The summed E-state index contributed by atoms with van der Waals surface area (Å²) in [7, 11) is 0. The highest BCUT2D eigenvalue weighted by atomic mass is 79.9. The highest BCUT2D eigenvalue weighted by Crippen LogP contribution is 2.20. The molecule has 0 saturated carbocycles. The van der Waals surface area contributed by atoms with Gasteiger partial charge in [-0.2, -0.15) is 15.4 Å². The van der Waals surface area contributed by atoms with Crippen LogP contribution in [0.4, 0.5) is 0 Å². The van der Waals surface area contributed by atoms with E-state index in [0.717, 1.165) is 4.47 Å². The number of aromatic amines is 1. The summed E-state index contributed by atoms with van der Waals surface area (Å²) in [5.41, 5.74) is 1.57. The number of rotatable bonds is 3. The van der Waals surface area contributed by atoms with Crippen LogP contribution in [0.25, 0.3) is 11.0 Å². The number of H-pyrrole nitrogens is 1. The molecule has 1 heterocycles. The monoisotopic (exact) mass is 314 g/mol. The lowest BCUT2D eigenvalue weighted by Crippen LogP contribution is -2.24. The van der Waals surface area contributed by atoms with Gasteiger partial charge in [-0.3, -0.25) is 4.79 Å². The average molecular weight is 316 g/mol. The van der Waals surface area contributed by atoms with Crippen molar-refractivity contribution in [3.63, 3.8) is 0 Å². The summed E-state index contributed by atoms with van der Waals surface area (Å²) in [4.78, 5) is 11.9.